The molecule has 14 heteroatoms. The highest BCUT2D eigenvalue weighted by Crippen LogP contribution is 2.27. The van der Waals surface area contributed by atoms with Crippen molar-refractivity contribution in [2.45, 2.75) is 56.7 Å². The molecule has 0 aliphatic carbocycles. The van der Waals surface area contributed by atoms with Gasteiger partial charge in [-0.15, -0.1) is 0 Å². The van der Waals surface area contributed by atoms with Crippen LogP contribution in [0.5, 0.6) is 0 Å². The minimum atomic E-state index is -0.918. The summed E-state index contributed by atoms with van der Waals surface area (Å²) in [6.07, 6.45) is 2.42. The number of carbonyl (C=O) groups excluding carboxylic acids is 5. The molecule has 2 saturated heterocycles. The number of likely N-dealkylation sites (tertiary alicyclic amines) is 2. The molecule has 0 spiro atoms. The normalized spacial score (nSPS) is 17.2. The van der Waals surface area contributed by atoms with Gasteiger partial charge in [0.2, 0.25) is 31.5 Å². The summed E-state index contributed by atoms with van der Waals surface area (Å²) in [6.45, 7) is 2.42. The van der Waals surface area contributed by atoms with Crippen molar-refractivity contribution >= 4 is 55.7 Å². The van der Waals surface area contributed by atoms with Crippen LogP contribution < -0.4 is 21.2 Å². The van der Waals surface area contributed by atoms with Gasteiger partial charge in [0.1, 0.15) is 24.2 Å². The molecule has 56 heavy (non-hydrogen) atoms. The second-order valence-electron chi connectivity index (χ2n) is 14.0. The summed E-state index contributed by atoms with van der Waals surface area (Å²) in [6, 6.07) is 29.4. The molecule has 2 fully saturated rings. The van der Waals surface area contributed by atoms with E-state index in [0.29, 0.717) is 61.3 Å². The predicted molar refractivity (Wildman–Crippen MR) is 218 cm³/mol. The Hall–Kier alpha value is -6.16. The Balaban J connectivity index is 1.03. The molecule has 4 aromatic rings. The molecule has 2 aliphatic heterocycles. The van der Waals surface area contributed by atoms with E-state index < -0.39 is 31.2 Å². The molecule has 4 atom stereocenters. The van der Waals surface area contributed by atoms with Gasteiger partial charge in [0, 0.05) is 35.6 Å². The molecule has 0 radical (unpaired) electrons. The molecule has 0 saturated carbocycles. The van der Waals surface area contributed by atoms with Crippen LogP contribution in [-0.2, 0) is 19.2 Å². The molecular weight excluding hydrogens is 706 g/mol. The average Bonchev–Trinajstić information content (AvgIpc) is 3.91. The average molecular weight is 750 g/mol. The fourth-order valence-electron chi connectivity index (χ4n) is 7.14. The van der Waals surface area contributed by atoms with E-state index in [1.165, 1.54) is 7.85 Å². The highest BCUT2D eigenvalue weighted by atomic mass is 16.2. The third-order valence-corrected chi connectivity index (χ3v) is 9.85. The molecule has 4 aromatic carbocycles. The third-order valence-electron chi connectivity index (χ3n) is 9.85. The Bertz CT molecular complexity index is 2090. The van der Waals surface area contributed by atoms with Gasteiger partial charge in [0.05, 0.1) is 0 Å². The summed E-state index contributed by atoms with van der Waals surface area (Å²) in [5.41, 5.74) is 3.97. The molecule has 2 aliphatic rings. The number of hydrogen-bond acceptors (Lipinski definition) is 7. The van der Waals surface area contributed by atoms with E-state index in [9.17, 15) is 29.0 Å². The fraction of sp³-hybridized carbons (Fsp3) is 0.262. The number of amides is 5. The van der Waals surface area contributed by atoms with E-state index in [1.807, 2.05) is 36.4 Å². The van der Waals surface area contributed by atoms with Crippen LogP contribution in [0.4, 0.5) is 16.2 Å². The Kier molecular flexibility index (Phi) is 13.0. The number of nitrogens with zero attached hydrogens (tertiary/aromatic N) is 2. The predicted octanol–water partition coefficient (Wildman–Crippen LogP) is 3.47. The zero-order valence-corrected chi connectivity index (χ0v) is 31.4. The minimum Gasteiger partial charge on any atom is -0.437 e. The molecule has 0 unspecified atom stereocenters. The quantitative estimate of drug-likeness (QED) is 0.116. The fourth-order valence-corrected chi connectivity index (χ4v) is 7.14. The van der Waals surface area contributed by atoms with Crippen LogP contribution >= 0.6 is 0 Å². The minimum absolute atomic E-state index is 0.264. The molecule has 2 heterocycles. The van der Waals surface area contributed by atoms with Crippen LogP contribution in [0.3, 0.4) is 0 Å². The van der Waals surface area contributed by atoms with Crippen molar-refractivity contribution in [2.75, 3.05) is 23.7 Å². The Morgan fingerprint density at radius 3 is 1.48 bits per heavy atom. The number of benzene rings is 4. The molecule has 12 nitrogen and oxygen atoms in total. The molecule has 0 bridgehead atoms. The Morgan fingerprint density at radius 1 is 0.661 bits per heavy atom. The van der Waals surface area contributed by atoms with Gasteiger partial charge in [-0.3, -0.25) is 24.0 Å². The first-order valence-electron chi connectivity index (χ1n) is 18.8. The number of hydrogen-bond donors (Lipinski definition) is 5. The first-order valence-corrected chi connectivity index (χ1v) is 18.8. The van der Waals surface area contributed by atoms with Crippen molar-refractivity contribution in [1.82, 2.24) is 20.3 Å². The second kappa shape index (κ2) is 18.4. The third kappa shape index (κ3) is 9.92. The highest BCUT2D eigenvalue weighted by molar-refractivity contribution is 6.57. The van der Waals surface area contributed by atoms with E-state index >= 15 is 0 Å². The zero-order chi connectivity index (χ0) is 39.6. The summed E-state index contributed by atoms with van der Waals surface area (Å²) in [5.74, 6) is 4.74. The van der Waals surface area contributed by atoms with Crippen molar-refractivity contribution in [3.05, 3.63) is 131 Å². The number of carbonyl (C=O) groups is 5. The van der Waals surface area contributed by atoms with E-state index in [-0.39, 0.29) is 29.4 Å². The van der Waals surface area contributed by atoms with Gasteiger partial charge < -0.3 is 36.0 Å². The summed E-state index contributed by atoms with van der Waals surface area (Å²) >= 11 is 0. The van der Waals surface area contributed by atoms with Crippen LogP contribution in [0.15, 0.2) is 109 Å². The maximum absolute atomic E-state index is 13.6. The van der Waals surface area contributed by atoms with E-state index in [1.54, 1.807) is 89.4 Å². The summed E-state index contributed by atoms with van der Waals surface area (Å²) < 4.78 is 0. The van der Waals surface area contributed by atoms with E-state index in [4.69, 9.17) is 0 Å². The molecule has 0 aromatic heterocycles. The van der Waals surface area contributed by atoms with Gasteiger partial charge in [-0.25, -0.2) is 0 Å². The summed E-state index contributed by atoms with van der Waals surface area (Å²) in [4.78, 5) is 69.1. The summed E-state index contributed by atoms with van der Waals surface area (Å²) in [5, 5.41) is 21.5. The molecular formula is C42H44B2N6O6. The van der Waals surface area contributed by atoms with Crippen molar-refractivity contribution in [1.29, 1.82) is 0 Å². The van der Waals surface area contributed by atoms with Gasteiger partial charge in [-0.2, -0.15) is 0 Å². The number of anilines is 2. The zero-order valence-electron chi connectivity index (χ0n) is 31.4. The van der Waals surface area contributed by atoms with Crippen molar-refractivity contribution in [3.63, 3.8) is 0 Å². The number of nitrogens with one attached hydrogen (secondary N) is 4. The van der Waals surface area contributed by atoms with Crippen LogP contribution in [-0.4, -0.2) is 84.3 Å². The van der Waals surface area contributed by atoms with Gasteiger partial charge >= 0.3 is 7.05 Å². The molecule has 5 amide bonds. The van der Waals surface area contributed by atoms with Crippen molar-refractivity contribution < 1.29 is 29.0 Å². The maximum atomic E-state index is 13.6. The SMILES string of the molecule is BC(=O)N[C@H](C(=O)N1CCC[C@H]1C(=O)Nc1ccc(C#Cc2ccc(NC(=O)[C@@H]3CCCN3C(=O)[C@@H](NB(C)O)c3ccccc3)cc2)cc1)c1ccccc1. The lowest BCUT2D eigenvalue weighted by molar-refractivity contribution is -0.138. The molecule has 6 rings (SSSR count). The van der Waals surface area contributed by atoms with Gasteiger partial charge in [0.25, 0.3) is 0 Å². The van der Waals surface area contributed by atoms with Crippen LogP contribution in [0.25, 0.3) is 0 Å². The number of rotatable bonds is 11. The van der Waals surface area contributed by atoms with Gasteiger partial charge in [0.15, 0.2) is 5.81 Å². The Labute approximate surface area is 328 Å². The standard InChI is InChI=1S/C42H44B2N6O6/c1-44(56)48-37(31-12-6-3-7-13-31)41(54)50-27-9-15-35(50)39(52)46-33-24-20-29(21-25-33)17-16-28-18-22-32(23-19-28)45-38(51)34-14-8-26-49(34)40(53)36(47-42(43)55)30-10-4-2-5-11-30/h2-7,10-13,18-25,34-37,48,56H,8-9,14-15,26-27,43H2,1H3,(H,45,51)(H,46,52)(H,47,55)/t34-,35-,36-,37-/m0/s1. The largest absolute Gasteiger partial charge is 0.437 e. The first-order chi connectivity index (χ1) is 27.1. The van der Waals surface area contributed by atoms with Gasteiger partial charge in [-0.1, -0.05) is 72.5 Å². The summed E-state index contributed by atoms with van der Waals surface area (Å²) in [7, 11) is 0.446. The smallest absolute Gasteiger partial charge is 0.374 e. The maximum Gasteiger partial charge on any atom is 0.374 e. The van der Waals surface area contributed by atoms with E-state index in [0.717, 1.165) is 11.1 Å². The highest BCUT2D eigenvalue weighted by Gasteiger charge is 2.39. The lowest BCUT2D eigenvalue weighted by atomic mass is 9.85. The van der Waals surface area contributed by atoms with Crippen LogP contribution in [0, 0.1) is 11.8 Å². The van der Waals surface area contributed by atoms with Crippen molar-refractivity contribution in [3.8, 4) is 11.8 Å². The van der Waals surface area contributed by atoms with E-state index in [2.05, 4.69) is 33.0 Å². The lowest BCUT2D eigenvalue weighted by Crippen LogP contribution is -2.49. The lowest BCUT2D eigenvalue weighted by Gasteiger charge is -2.29. The second-order valence-corrected chi connectivity index (χ2v) is 14.0. The molecule has 284 valence electrons. The van der Waals surface area contributed by atoms with Gasteiger partial charge in [-0.05, 0) is 92.2 Å². The first kappa shape index (κ1) is 39.5. The van der Waals surface area contributed by atoms with Crippen LogP contribution in [0.1, 0.15) is 60.0 Å². The monoisotopic (exact) mass is 750 g/mol. The molecule has 5 N–H and O–H groups in total. The van der Waals surface area contributed by atoms with Crippen molar-refractivity contribution in [2.24, 2.45) is 0 Å². The Morgan fingerprint density at radius 2 is 1.07 bits per heavy atom. The topological polar surface area (TPSA) is 160 Å². The van der Waals surface area contributed by atoms with Crippen LogP contribution in [0.2, 0.25) is 6.82 Å².